The smallest absolute Gasteiger partial charge is 0.0795 e. The molecule has 1 N–H and O–H groups in total. The van der Waals surface area contributed by atoms with Crippen LogP contribution in [0, 0.1) is 0 Å². The van der Waals surface area contributed by atoms with E-state index in [4.69, 9.17) is 0 Å². The average Bonchev–Trinajstić information content (AvgIpc) is 2.86. The number of aryl methyl sites for hydroxylation is 1. The molecule has 1 aliphatic heterocycles. The number of rotatable bonds is 1. The molecule has 2 aliphatic rings. The summed E-state index contributed by atoms with van der Waals surface area (Å²) < 4.78 is 0. The Morgan fingerprint density at radius 2 is 2.19 bits per heavy atom. The van der Waals surface area contributed by atoms with E-state index < -0.39 is 0 Å². The molecule has 0 amide bonds. The molecule has 3 rings (SSSR count). The van der Waals surface area contributed by atoms with Crippen molar-refractivity contribution in [2.24, 2.45) is 0 Å². The topological polar surface area (TPSA) is 23.5 Å². The lowest BCUT2D eigenvalue weighted by atomic mass is 10.1. The third-order valence-electron chi connectivity index (χ3n) is 4.06. The number of hydrogen-bond acceptors (Lipinski definition) is 2. The van der Waals surface area contributed by atoms with Crippen molar-refractivity contribution in [1.82, 2.24) is 0 Å². The molecule has 0 bridgehead atoms. The van der Waals surface area contributed by atoms with E-state index in [1.54, 1.807) is 0 Å². The third kappa shape index (κ3) is 1.52. The second kappa shape index (κ2) is 3.77. The lowest BCUT2D eigenvalue weighted by Gasteiger charge is -2.24. The maximum Gasteiger partial charge on any atom is 0.0795 e. The lowest BCUT2D eigenvalue weighted by molar-refractivity contribution is 0.180. The molecule has 2 nitrogen and oxygen atoms in total. The Balaban J connectivity index is 1.92. The normalized spacial score (nSPS) is 28.5. The summed E-state index contributed by atoms with van der Waals surface area (Å²) in [6.45, 7) is 3.48. The minimum Gasteiger partial charge on any atom is -0.388 e. The minimum absolute atomic E-state index is 0.222. The second-order valence-electron chi connectivity index (χ2n) is 5.12. The Kier molecular flexibility index (Phi) is 2.40. The van der Waals surface area contributed by atoms with Gasteiger partial charge in [0.15, 0.2) is 0 Å². The van der Waals surface area contributed by atoms with Crippen molar-refractivity contribution in [2.75, 3.05) is 11.4 Å². The fourth-order valence-electron chi connectivity index (χ4n) is 3.08. The molecule has 1 aliphatic carbocycles. The SMILES string of the molecule is CC1CCCN1c1ccc2c(c1)CCC2O. The molecular weight excluding hydrogens is 198 g/mol. The zero-order valence-electron chi connectivity index (χ0n) is 9.82. The van der Waals surface area contributed by atoms with Gasteiger partial charge in [0.1, 0.15) is 0 Å². The predicted molar refractivity (Wildman–Crippen MR) is 65.8 cm³/mol. The van der Waals surface area contributed by atoms with Gasteiger partial charge in [0.25, 0.3) is 0 Å². The van der Waals surface area contributed by atoms with Crippen LogP contribution in [0.25, 0.3) is 0 Å². The molecule has 86 valence electrons. The molecule has 16 heavy (non-hydrogen) atoms. The molecule has 0 radical (unpaired) electrons. The van der Waals surface area contributed by atoms with Gasteiger partial charge in [0.2, 0.25) is 0 Å². The van der Waals surface area contributed by atoms with E-state index in [2.05, 4.69) is 30.0 Å². The van der Waals surface area contributed by atoms with Gasteiger partial charge in [-0.1, -0.05) is 6.07 Å². The van der Waals surface area contributed by atoms with E-state index in [9.17, 15) is 5.11 Å². The van der Waals surface area contributed by atoms with Gasteiger partial charge in [0.05, 0.1) is 6.10 Å². The van der Waals surface area contributed by atoms with Crippen LogP contribution in [0.4, 0.5) is 5.69 Å². The molecule has 2 heteroatoms. The second-order valence-corrected chi connectivity index (χ2v) is 5.12. The molecule has 1 fully saturated rings. The van der Waals surface area contributed by atoms with Gasteiger partial charge < -0.3 is 10.0 Å². The molecular formula is C14H19NO. The third-order valence-corrected chi connectivity index (χ3v) is 4.06. The Hall–Kier alpha value is -1.02. The molecule has 1 saturated heterocycles. The maximum atomic E-state index is 9.78. The van der Waals surface area contributed by atoms with Crippen LogP contribution in [0.5, 0.6) is 0 Å². The number of fused-ring (bicyclic) bond motifs is 1. The minimum atomic E-state index is -0.222. The van der Waals surface area contributed by atoms with E-state index in [1.165, 1.54) is 30.6 Å². The Morgan fingerprint density at radius 3 is 2.94 bits per heavy atom. The van der Waals surface area contributed by atoms with Gasteiger partial charge in [-0.15, -0.1) is 0 Å². The van der Waals surface area contributed by atoms with Gasteiger partial charge in [-0.25, -0.2) is 0 Å². The van der Waals surface area contributed by atoms with Crippen LogP contribution >= 0.6 is 0 Å². The highest BCUT2D eigenvalue weighted by Crippen LogP contribution is 2.35. The number of benzene rings is 1. The van der Waals surface area contributed by atoms with E-state index in [-0.39, 0.29) is 6.10 Å². The van der Waals surface area contributed by atoms with Gasteiger partial charge in [-0.2, -0.15) is 0 Å². The lowest BCUT2D eigenvalue weighted by Crippen LogP contribution is -2.26. The highest BCUT2D eigenvalue weighted by atomic mass is 16.3. The molecule has 2 atom stereocenters. The highest BCUT2D eigenvalue weighted by Gasteiger charge is 2.24. The van der Waals surface area contributed by atoms with Gasteiger partial charge in [0, 0.05) is 18.3 Å². The van der Waals surface area contributed by atoms with Crippen molar-refractivity contribution >= 4 is 5.69 Å². The number of nitrogens with zero attached hydrogens (tertiary/aromatic N) is 1. The van der Waals surface area contributed by atoms with Gasteiger partial charge in [-0.3, -0.25) is 0 Å². The Morgan fingerprint density at radius 1 is 1.31 bits per heavy atom. The van der Waals surface area contributed by atoms with Crippen molar-refractivity contribution in [3.8, 4) is 0 Å². The quantitative estimate of drug-likeness (QED) is 0.781. The molecule has 0 spiro atoms. The molecule has 2 unspecified atom stereocenters. The molecule has 1 aromatic carbocycles. The van der Waals surface area contributed by atoms with Gasteiger partial charge in [-0.05, 0) is 55.9 Å². The van der Waals surface area contributed by atoms with Crippen molar-refractivity contribution in [2.45, 2.75) is 44.8 Å². The first kappa shape index (κ1) is 10.2. The summed E-state index contributed by atoms with van der Waals surface area (Å²) >= 11 is 0. The van der Waals surface area contributed by atoms with Crippen LogP contribution in [-0.2, 0) is 6.42 Å². The first-order chi connectivity index (χ1) is 7.75. The van der Waals surface area contributed by atoms with Crippen molar-refractivity contribution < 1.29 is 5.11 Å². The number of anilines is 1. The number of aliphatic hydroxyl groups excluding tert-OH is 1. The highest BCUT2D eigenvalue weighted by molar-refractivity contribution is 5.54. The summed E-state index contributed by atoms with van der Waals surface area (Å²) in [6.07, 6.45) is 4.32. The van der Waals surface area contributed by atoms with E-state index in [0.29, 0.717) is 6.04 Å². The van der Waals surface area contributed by atoms with Crippen molar-refractivity contribution in [3.63, 3.8) is 0 Å². The van der Waals surface area contributed by atoms with Crippen LogP contribution in [0.15, 0.2) is 18.2 Å². The number of aliphatic hydroxyl groups is 1. The fraction of sp³-hybridized carbons (Fsp3) is 0.571. The van der Waals surface area contributed by atoms with E-state index >= 15 is 0 Å². The molecule has 1 heterocycles. The molecule has 0 aromatic heterocycles. The Bertz CT molecular complexity index is 402. The van der Waals surface area contributed by atoms with Crippen LogP contribution < -0.4 is 4.90 Å². The summed E-state index contributed by atoms with van der Waals surface area (Å²) in [5.74, 6) is 0. The standard InChI is InChI=1S/C14H19NO/c1-10-3-2-8-15(10)12-5-6-13-11(9-12)4-7-14(13)16/h5-6,9-10,14,16H,2-4,7-8H2,1H3. The zero-order chi connectivity index (χ0) is 11.1. The van der Waals surface area contributed by atoms with Crippen LogP contribution in [-0.4, -0.2) is 17.7 Å². The summed E-state index contributed by atoms with van der Waals surface area (Å²) in [7, 11) is 0. The maximum absolute atomic E-state index is 9.78. The van der Waals surface area contributed by atoms with Crippen molar-refractivity contribution in [3.05, 3.63) is 29.3 Å². The summed E-state index contributed by atoms with van der Waals surface area (Å²) in [4.78, 5) is 2.49. The number of hydrogen-bond donors (Lipinski definition) is 1. The zero-order valence-corrected chi connectivity index (χ0v) is 9.82. The van der Waals surface area contributed by atoms with Crippen LogP contribution in [0.3, 0.4) is 0 Å². The summed E-state index contributed by atoms with van der Waals surface area (Å²) in [6, 6.07) is 7.25. The molecule has 0 saturated carbocycles. The largest absolute Gasteiger partial charge is 0.388 e. The summed E-state index contributed by atoms with van der Waals surface area (Å²) in [5, 5.41) is 9.78. The van der Waals surface area contributed by atoms with E-state index in [1.807, 2.05) is 0 Å². The van der Waals surface area contributed by atoms with Crippen molar-refractivity contribution in [1.29, 1.82) is 0 Å². The monoisotopic (exact) mass is 217 g/mol. The van der Waals surface area contributed by atoms with Crippen LogP contribution in [0.2, 0.25) is 0 Å². The predicted octanol–water partition coefficient (Wildman–Crippen LogP) is 2.65. The molecule has 1 aromatic rings. The summed E-state index contributed by atoms with van der Waals surface area (Å²) in [5.41, 5.74) is 3.84. The average molecular weight is 217 g/mol. The van der Waals surface area contributed by atoms with Gasteiger partial charge >= 0.3 is 0 Å². The first-order valence-electron chi connectivity index (χ1n) is 6.33. The van der Waals surface area contributed by atoms with Crippen LogP contribution in [0.1, 0.15) is 43.4 Å². The van der Waals surface area contributed by atoms with E-state index in [0.717, 1.165) is 18.4 Å². The fourth-order valence-corrected chi connectivity index (χ4v) is 3.08. The Labute approximate surface area is 96.9 Å². The first-order valence-corrected chi connectivity index (χ1v) is 6.33.